The van der Waals surface area contributed by atoms with Crippen LogP contribution in [0.5, 0.6) is 0 Å². The minimum Gasteiger partial charge on any atom is -0.343 e. The second-order valence-electron chi connectivity index (χ2n) is 8.55. The summed E-state index contributed by atoms with van der Waals surface area (Å²) in [5, 5.41) is 7.17. The molecule has 6 nitrogen and oxygen atoms in total. The highest BCUT2D eigenvalue weighted by atomic mass is 32.1. The molecule has 1 aliphatic rings. The molecule has 6 rings (SSSR count). The van der Waals surface area contributed by atoms with Crippen LogP contribution >= 0.6 is 11.3 Å². The fourth-order valence-corrected chi connectivity index (χ4v) is 5.20. The van der Waals surface area contributed by atoms with Crippen molar-refractivity contribution in [2.45, 2.75) is 25.4 Å². The fraction of sp³-hybridized carbons (Fsp3) is 0.148. The zero-order valence-electron chi connectivity index (χ0n) is 18.9. The maximum atomic E-state index is 14.1. The molecule has 2 N–H and O–H groups in total. The Morgan fingerprint density at radius 3 is 2.92 bits per heavy atom. The number of halogens is 2. The first kappa shape index (κ1) is 22.2. The van der Waals surface area contributed by atoms with Gasteiger partial charge in [0.2, 0.25) is 5.91 Å². The van der Waals surface area contributed by atoms with E-state index in [2.05, 4.69) is 32.4 Å². The molecule has 1 saturated heterocycles. The largest absolute Gasteiger partial charge is 0.343 e. The lowest BCUT2D eigenvalue weighted by Gasteiger charge is -2.09. The van der Waals surface area contributed by atoms with E-state index in [1.165, 1.54) is 23.7 Å². The molecular formula is C27H19F2N5OS. The van der Waals surface area contributed by atoms with E-state index in [1.807, 2.05) is 41.1 Å². The lowest BCUT2D eigenvalue weighted by Crippen LogP contribution is -2.23. The average molecular weight is 500 g/mol. The molecule has 0 saturated carbocycles. The lowest BCUT2D eigenvalue weighted by molar-refractivity contribution is -0.119. The number of aromatic nitrogens is 3. The molecule has 1 aliphatic heterocycles. The summed E-state index contributed by atoms with van der Waals surface area (Å²) in [6.45, 7) is 0.232. The van der Waals surface area contributed by atoms with Gasteiger partial charge >= 0.3 is 0 Å². The molecule has 0 spiro atoms. The van der Waals surface area contributed by atoms with Gasteiger partial charge in [-0.15, -0.1) is 11.3 Å². The van der Waals surface area contributed by atoms with Gasteiger partial charge in [0.15, 0.2) is 5.82 Å². The molecule has 36 heavy (non-hydrogen) atoms. The zero-order chi connectivity index (χ0) is 24.6. The summed E-state index contributed by atoms with van der Waals surface area (Å²) in [4.78, 5) is 21.0. The number of nitrogens with one attached hydrogen (secondary N) is 2. The number of thiophene rings is 1. The second kappa shape index (κ2) is 9.06. The fourth-order valence-electron chi connectivity index (χ4n) is 4.29. The van der Waals surface area contributed by atoms with Gasteiger partial charge in [0, 0.05) is 34.8 Å². The standard InChI is InChI=1S/C27H19F2N5OS/c28-18-1-6-22(29)17(11-18)14-34-10-9-16-12-20(3-7-24(16)34)33-27-26-23(30-15-31-27)13-21(36-26)5-2-19-4-8-25(35)32-19/h1,3,6-7,9-13,15,19H,4,8,14H2,(H,32,35)(H,30,31,33)/t19-/m1/s1. The Bertz CT molecular complexity index is 1700. The summed E-state index contributed by atoms with van der Waals surface area (Å²) in [7, 11) is 0. The van der Waals surface area contributed by atoms with Crippen molar-refractivity contribution >= 4 is 49.9 Å². The summed E-state index contributed by atoms with van der Waals surface area (Å²) in [6, 6.07) is 13.1. The molecule has 0 aliphatic carbocycles. The molecule has 0 bridgehead atoms. The number of hydrogen-bond donors (Lipinski definition) is 2. The topological polar surface area (TPSA) is 71.8 Å². The maximum Gasteiger partial charge on any atom is 0.221 e. The van der Waals surface area contributed by atoms with Crippen LogP contribution in [-0.4, -0.2) is 26.5 Å². The van der Waals surface area contributed by atoms with Gasteiger partial charge in [-0.2, -0.15) is 0 Å². The van der Waals surface area contributed by atoms with Gasteiger partial charge in [-0.05, 0) is 55.0 Å². The van der Waals surface area contributed by atoms with Crippen LogP contribution in [0, 0.1) is 23.5 Å². The summed E-state index contributed by atoms with van der Waals surface area (Å²) < 4.78 is 30.5. The Hall–Kier alpha value is -4.29. The molecule has 1 fully saturated rings. The van der Waals surface area contributed by atoms with E-state index in [1.54, 1.807) is 0 Å². The first-order valence-corrected chi connectivity index (χ1v) is 12.2. The number of carbonyl (C=O) groups is 1. The van der Waals surface area contributed by atoms with Crippen LogP contribution in [0.15, 0.2) is 61.1 Å². The monoisotopic (exact) mass is 499 g/mol. The van der Waals surface area contributed by atoms with Crippen LogP contribution in [0.1, 0.15) is 23.3 Å². The number of anilines is 2. The van der Waals surface area contributed by atoms with Gasteiger partial charge in [-0.25, -0.2) is 18.7 Å². The predicted molar refractivity (Wildman–Crippen MR) is 136 cm³/mol. The highest BCUT2D eigenvalue weighted by Gasteiger charge is 2.18. The molecule has 0 radical (unpaired) electrons. The first-order chi connectivity index (χ1) is 17.5. The van der Waals surface area contributed by atoms with Crippen LogP contribution in [0.2, 0.25) is 0 Å². The Morgan fingerprint density at radius 1 is 1.14 bits per heavy atom. The third-order valence-corrected chi connectivity index (χ3v) is 7.10. The molecule has 1 atom stereocenters. The van der Waals surface area contributed by atoms with E-state index in [0.29, 0.717) is 17.8 Å². The number of fused-ring (bicyclic) bond motifs is 2. The predicted octanol–water partition coefficient (Wildman–Crippen LogP) is 5.35. The quantitative estimate of drug-likeness (QED) is 0.327. The van der Waals surface area contributed by atoms with Crippen LogP contribution in [0.25, 0.3) is 21.1 Å². The van der Waals surface area contributed by atoms with Crippen molar-refractivity contribution in [1.82, 2.24) is 19.9 Å². The summed E-state index contributed by atoms with van der Waals surface area (Å²) in [5.41, 5.74) is 2.84. The van der Waals surface area contributed by atoms with Crippen molar-refractivity contribution in [3.05, 3.63) is 83.1 Å². The van der Waals surface area contributed by atoms with E-state index in [0.717, 1.165) is 50.2 Å². The van der Waals surface area contributed by atoms with Crippen LogP contribution in [-0.2, 0) is 11.3 Å². The van der Waals surface area contributed by atoms with Crippen molar-refractivity contribution in [2.75, 3.05) is 5.32 Å². The second-order valence-corrected chi connectivity index (χ2v) is 9.61. The minimum absolute atomic E-state index is 0.0384. The van der Waals surface area contributed by atoms with E-state index in [9.17, 15) is 13.6 Å². The maximum absolute atomic E-state index is 14.1. The van der Waals surface area contributed by atoms with Crippen molar-refractivity contribution in [2.24, 2.45) is 0 Å². The highest BCUT2D eigenvalue weighted by molar-refractivity contribution is 7.20. The van der Waals surface area contributed by atoms with E-state index in [4.69, 9.17) is 0 Å². The highest BCUT2D eigenvalue weighted by Crippen LogP contribution is 2.31. The van der Waals surface area contributed by atoms with E-state index >= 15 is 0 Å². The molecule has 1 amide bonds. The molecule has 4 heterocycles. The van der Waals surface area contributed by atoms with Crippen LogP contribution in [0.3, 0.4) is 0 Å². The van der Waals surface area contributed by atoms with E-state index < -0.39 is 11.6 Å². The Kier molecular flexibility index (Phi) is 5.58. The molecule has 178 valence electrons. The number of benzene rings is 2. The van der Waals surface area contributed by atoms with Crippen molar-refractivity contribution < 1.29 is 13.6 Å². The van der Waals surface area contributed by atoms with Crippen molar-refractivity contribution in [1.29, 1.82) is 0 Å². The number of amides is 1. The molecule has 5 aromatic rings. The van der Waals surface area contributed by atoms with Gasteiger partial charge in [-0.3, -0.25) is 4.79 Å². The number of rotatable bonds is 4. The van der Waals surface area contributed by atoms with Gasteiger partial charge in [0.05, 0.1) is 27.7 Å². The Labute approximate surface area is 209 Å². The summed E-state index contributed by atoms with van der Waals surface area (Å²) in [6.07, 6.45) is 4.61. The lowest BCUT2D eigenvalue weighted by atomic mass is 10.2. The molecule has 3 aromatic heterocycles. The molecule has 0 unspecified atom stereocenters. The van der Waals surface area contributed by atoms with Crippen LogP contribution in [0.4, 0.5) is 20.3 Å². The molecule has 2 aromatic carbocycles. The average Bonchev–Trinajstić information content (AvgIpc) is 3.59. The number of nitrogens with zero attached hydrogens (tertiary/aromatic N) is 3. The first-order valence-electron chi connectivity index (χ1n) is 11.4. The molecular weight excluding hydrogens is 480 g/mol. The minimum atomic E-state index is -0.460. The van der Waals surface area contributed by atoms with Gasteiger partial charge < -0.3 is 15.2 Å². The SMILES string of the molecule is O=C1CC[C@@H](C#Cc2cc3ncnc(Nc4ccc5c(ccn5Cc5cc(F)ccc5F)c4)c3s2)N1. The van der Waals surface area contributed by atoms with Crippen molar-refractivity contribution in [3.8, 4) is 11.8 Å². The van der Waals surface area contributed by atoms with Gasteiger partial charge in [0.25, 0.3) is 0 Å². The molecule has 9 heteroatoms. The van der Waals surface area contributed by atoms with E-state index in [-0.39, 0.29) is 18.5 Å². The van der Waals surface area contributed by atoms with Gasteiger partial charge in [0.1, 0.15) is 18.0 Å². The number of carbonyl (C=O) groups excluding carboxylic acids is 1. The zero-order valence-corrected chi connectivity index (χ0v) is 19.7. The summed E-state index contributed by atoms with van der Waals surface area (Å²) >= 11 is 1.49. The van der Waals surface area contributed by atoms with Crippen molar-refractivity contribution in [3.63, 3.8) is 0 Å². The third-order valence-electron chi connectivity index (χ3n) is 6.06. The smallest absolute Gasteiger partial charge is 0.221 e. The Morgan fingerprint density at radius 2 is 2.06 bits per heavy atom. The normalized spacial score (nSPS) is 15.2. The van der Waals surface area contributed by atoms with Crippen LogP contribution < -0.4 is 10.6 Å². The number of hydrogen-bond acceptors (Lipinski definition) is 5. The summed E-state index contributed by atoms with van der Waals surface area (Å²) in [5.74, 6) is 6.08. The van der Waals surface area contributed by atoms with Gasteiger partial charge in [-0.1, -0.05) is 11.8 Å². The third kappa shape index (κ3) is 4.39. The Balaban J connectivity index is 1.25.